The molecule has 4 rings (SSSR count). The second-order valence-electron chi connectivity index (χ2n) is 7.55. The molecule has 0 saturated heterocycles. The summed E-state index contributed by atoms with van der Waals surface area (Å²) in [6.45, 7) is 1.95. The van der Waals surface area contributed by atoms with Crippen molar-refractivity contribution in [3.05, 3.63) is 33.6 Å². The third-order valence-electron chi connectivity index (χ3n) is 5.52. The largest absolute Gasteiger partial charge is 0.492 e. The summed E-state index contributed by atoms with van der Waals surface area (Å²) in [4.78, 5) is 29.5. The monoisotopic (exact) mass is 447 g/mol. The van der Waals surface area contributed by atoms with Gasteiger partial charge in [-0.05, 0) is 25.1 Å². The molecule has 162 valence electrons. The van der Waals surface area contributed by atoms with Gasteiger partial charge in [-0.3, -0.25) is 9.59 Å². The summed E-state index contributed by atoms with van der Waals surface area (Å²) in [5.41, 5.74) is 4.84. The Morgan fingerprint density at radius 2 is 2.16 bits per heavy atom. The Hall–Kier alpha value is -3.03. The van der Waals surface area contributed by atoms with E-state index in [9.17, 15) is 23.5 Å². The number of aliphatic hydroxyl groups is 1. The minimum atomic E-state index is -2.97. The van der Waals surface area contributed by atoms with E-state index in [0.717, 1.165) is 11.3 Å². The number of nitrogens with two attached hydrogens (primary N) is 1. The number of halogens is 2. The number of thiazole rings is 1. The smallest absolute Gasteiger partial charge is 0.277 e. The van der Waals surface area contributed by atoms with Crippen LogP contribution < -0.4 is 10.5 Å². The van der Waals surface area contributed by atoms with Gasteiger partial charge in [0.15, 0.2) is 11.1 Å². The molecule has 2 unspecified atom stereocenters. The number of alkyl halides is 2. The molecule has 3 N–H and O–H groups in total. The summed E-state index contributed by atoms with van der Waals surface area (Å²) < 4.78 is 34.3. The van der Waals surface area contributed by atoms with Crippen LogP contribution in [-0.4, -0.2) is 59.0 Å². The number of amides is 2. The maximum atomic E-state index is 14.3. The van der Waals surface area contributed by atoms with Crippen LogP contribution in [0, 0.1) is 11.8 Å². The number of likely N-dealkylation sites (N-methyl/N-ethyl adjacent to an activating group) is 1. The summed E-state index contributed by atoms with van der Waals surface area (Å²) in [6.07, 6.45) is -1.89. The molecule has 1 aliphatic carbocycles. The van der Waals surface area contributed by atoms with Crippen molar-refractivity contribution >= 4 is 23.2 Å². The van der Waals surface area contributed by atoms with Gasteiger partial charge >= 0.3 is 0 Å². The van der Waals surface area contributed by atoms with Crippen LogP contribution in [0.25, 0.3) is 11.3 Å². The zero-order valence-electron chi connectivity index (χ0n) is 16.7. The summed E-state index contributed by atoms with van der Waals surface area (Å²) in [5, 5.41) is 9.93. The first-order valence-corrected chi connectivity index (χ1v) is 10.3. The number of primary amides is 1. The van der Waals surface area contributed by atoms with Crippen LogP contribution in [0.4, 0.5) is 8.78 Å². The van der Waals surface area contributed by atoms with Crippen molar-refractivity contribution in [3.8, 4) is 28.8 Å². The Bertz CT molecular complexity index is 1150. The lowest BCUT2D eigenvalue weighted by atomic mass is 10.00. The molecule has 2 aliphatic rings. The van der Waals surface area contributed by atoms with Crippen LogP contribution in [-0.2, 0) is 10.2 Å². The molecule has 1 fully saturated rings. The minimum Gasteiger partial charge on any atom is -0.492 e. The number of fused-ring (bicyclic) bond motifs is 4. The number of carbonyl (C=O) groups excluding carboxylic acids is 2. The maximum Gasteiger partial charge on any atom is 0.277 e. The molecule has 2 amide bonds. The van der Waals surface area contributed by atoms with Gasteiger partial charge < -0.3 is 20.5 Å². The standard InChI is InChI=1S/C21H19F2N3O4S/c1-3-26(2)19(29)13(27)6-4-11-5-7-14-12(8-11)15-16(31-18(25-15)17(24)28)20(10-30-14)9-21(20,22)23/h5,7-8,13,27H,3,9-10H2,1-2H3,(H2,24,28). The number of aliphatic hydroxyl groups excluding tert-OH is 1. The highest BCUT2D eigenvalue weighted by Crippen LogP contribution is 2.65. The van der Waals surface area contributed by atoms with E-state index in [0.29, 0.717) is 23.4 Å². The van der Waals surface area contributed by atoms with Gasteiger partial charge in [0.25, 0.3) is 17.7 Å². The maximum absolute atomic E-state index is 14.3. The quantitative estimate of drug-likeness (QED) is 0.698. The molecule has 1 aliphatic heterocycles. The zero-order chi connectivity index (χ0) is 22.6. The van der Waals surface area contributed by atoms with Gasteiger partial charge in [-0.2, -0.15) is 0 Å². The van der Waals surface area contributed by atoms with Crippen molar-refractivity contribution in [2.45, 2.75) is 30.8 Å². The van der Waals surface area contributed by atoms with Crippen molar-refractivity contribution in [1.29, 1.82) is 0 Å². The predicted molar refractivity (Wildman–Crippen MR) is 109 cm³/mol. The average Bonchev–Trinajstić information content (AvgIpc) is 3.10. The lowest BCUT2D eigenvalue weighted by Gasteiger charge is -2.15. The fraction of sp³-hybridized carbons (Fsp3) is 0.381. The van der Waals surface area contributed by atoms with Crippen LogP contribution in [0.1, 0.15) is 33.6 Å². The number of aromatic nitrogens is 1. The lowest BCUT2D eigenvalue weighted by molar-refractivity contribution is -0.135. The zero-order valence-corrected chi connectivity index (χ0v) is 17.6. The Kier molecular flexibility index (Phi) is 4.98. The van der Waals surface area contributed by atoms with Gasteiger partial charge in [0.05, 0.1) is 5.69 Å². The first kappa shape index (κ1) is 21.2. The van der Waals surface area contributed by atoms with Gasteiger partial charge in [0.2, 0.25) is 0 Å². The van der Waals surface area contributed by atoms with Crippen molar-refractivity contribution in [2.75, 3.05) is 20.2 Å². The Labute approximate surface area is 180 Å². The molecule has 2 aromatic rings. The fourth-order valence-electron chi connectivity index (χ4n) is 3.43. The highest BCUT2D eigenvalue weighted by atomic mass is 32.1. The van der Waals surface area contributed by atoms with E-state index in [2.05, 4.69) is 16.8 Å². The van der Waals surface area contributed by atoms with Gasteiger partial charge in [-0.1, -0.05) is 11.8 Å². The summed E-state index contributed by atoms with van der Waals surface area (Å²) in [7, 11) is 1.55. The van der Waals surface area contributed by atoms with Crippen molar-refractivity contribution in [3.63, 3.8) is 0 Å². The number of carbonyl (C=O) groups is 2. The number of hydrogen-bond donors (Lipinski definition) is 2. The molecule has 0 radical (unpaired) electrons. The molecule has 1 aromatic carbocycles. The van der Waals surface area contributed by atoms with Gasteiger partial charge in [0.1, 0.15) is 17.8 Å². The van der Waals surface area contributed by atoms with E-state index in [1.54, 1.807) is 32.2 Å². The topological polar surface area (TPSA) is 106 Å². The summed E-state index contributed by atoms with van der Waals surface area (Å²) in [6, 6.07) is 4.74. The molecule has 2 atom stereocenters. The van der Waals surface area contributed by atoms with Gasteiger partial charge in [-0.15, -0.1) is 11.3 Å². The molecule has 0 bridgehead atoms. The van der Waals surface area contributed by atoms with Crippen LogP contribution in [0.5, 0.6) is 5.75 Å². The van der Waals surface area contributed by atoms with E-state index < -0.39 is 35.7 Å². The molecule has 1 aromatic heterocycles. The molecule has 10 heteroatoms. The minimum absolute atomic E-state index is 0.0555. The van der Waals surface area contributed by atoms with E-state index in [1.807, 2.05) is 0 Å². The molecular weight excluding hydrogens is 428 g/mol. The number of ether oxygens (including phenoxy) is 1. The second-order valence-corrected chi connectivity index (χ2v) is 8.55. The van der Waals surface area contributed by atoms with E-state index in [-0.39, 0.29) is 22.2 Å². The number of benzene rings is 1. The average molecular weight is 447 g/mol. The Morgan fingerprint density at radius 3 is 2.77 bits per heavy atom. The third kappa shape index (κ3) is 3.43. The molecule has 1 spiro atoms. The summed E-state index contributed by atoms with van der Waals surface area (Å²) in [5.74, 6) is 1.24. The highest BCUT2D eigenvalue weighted by Gasteiger charge is 2.74. The fourth-order valence-corrected chi connectivity index (χ4v) is 4.59. The normalized spacial score (nSPS) is 20.9. The van der Waals surface area contributed by atoms with Crippen LogP contribution in [0.15, 0.2) is 18.2 Å². The Morgan fingerprint density at radius 1 is 1.45 bits per heavy atom. The summed E-state index contributed by atoms with van der Waals surface area (Å²) >= 11 is 0.854. The van der Waals surface area contributed by atoms with Crippen LogP contribution in [0.3, 0.4) is 0 Å². The number of hydrogen-bond acceptors (Lipinski definition) is 6. The second kappa shape index (κ2) is 7.28. The Balaban J connectivity index is 1.75. The molecule has 7 nitrogen and oxygen atoms in total. The van der Waals surface area contributed by atoms with Crippen molar-refractivity contribution in [2.24, 2.45) is 5.73 Å². The number of rotatable bonds is 3. The number of nitrogens with zero attached hydrogens (tertiary/aromatic N) is 2. The van der Waals surface area contributed by atoms with E-state index in [1.165, 1.54) is 4.90 Å². The van der Waals surface area contributed by atoms with Crippen LogP contribution in [0.2, 0.25) is 0 Å². The first-order valence-electron chi connectivity index (χ1n) is 9.50. The predicted octanol–water partition coefficient (Wildman–Crippen LogP) is 1.77. The first-order chi connectivity index (χ1) is 14.6. The SMILES string of the molecule is CCN(C)C(=O)C(O)C#Cc1ccc2c(c1)-c1nc(C(N)=O)sc1C1(CO2)CC1(F)F. The lowest BCUT2D eigenvalue weighted by Crippen LogP contribution is -2.35. The van der Waals surface area contributed by atoms with Crippen LogP contribution >= 0.6 is 11.3 Å². The molecular formula is C21H19F2N3O4S. The van der Waals surface area contributed by atoms with Crippen molar-refractivity contribution in [1.82, 2.24) is 9.88 Å². The molecule has 31 heavy (non-hydrogen) atoms. The van der Waals surface area contributed by atoms with Gasteiger partial charge in [0, 0.05) is 36.0 Å². The third-order valence-corrected chi connectivity index (χ3v) is 6.79. The van der Waals surface area contributed by atoms with Crippen molar-refractivity contribution < 1.29 is 28.2 Å². The van der Waals surface area contributed by atoms with E-state index in [4.69, 9.17) is 10.5 Å². The van der Waals surface area contributed by atoms with Gasteiger partial charge in [-0.25, -0.2) is 13.8 Å². The highest BCUT2D eigenvalue weighted by molar-refractivity contribution is 7.14. The van der Waals surface area contributed by atoms with E-state index >= 15 is 0 Å². The molecule has 2 heterocycles. The molecule has 1 saturated carbocycles.